The number of carbonyl (C=O) groups is 2. The first kappa shape index (κ1) is 16.1. The minimum Gasteiger partial charge on any atom is -0.362 e. The number of nitrogens with zero attached hydrogens (tertiary/aromatic N) is 2. The zero-order valence-corrected chi connectivity index (χ0v) is 13.4. The van der Waals surface area contributed by atoms with Gasteiger partial charge in [-0.25, -0.2) is 8.42 Å². The molecule has 1 aromatic carbocycles. The van der Waals surface area contributed by atoms with Crippen LogP contribution in [-0.4, -0.2) is 61.8 Å². The van der Waals surface area contributed by atoms with Gasteiger partial charge in [0, 0.05) is 19.1 Å². The van der Waals surface area contributed by atoms with Crippen LogP contribution in [0.25, 0.3) is 0 Å². The molecule has 0 aliphatic carbocycles. The fraction of sp³-hybridized carbons (Fsp3) is 0.467. The van der Waals surface area contributed by atoms with Crippen LogP contribution >= 0.6 is 0 Å². The molecule has 0 radical (unpaired) electrons. The number of hydrogen-bond donors (Lipinski definition) is 0. The van der Waals surface area contributed by atoms with Gasteiger partial charge in [0.25, 0.3) is 11.8 Å². The zero-order chi connectivity index (χ0) is 16.4. The van der Waals surface area contributed by atoms with Gasteiger partial charge in [-0.2, -0.15) is 4.31 Å². The summed E-state index contributed by atoms with van der Waals surface area (Å²) < 4.78 is 31.4. The van der Waals surface area contributed by atoms with E-state index in [0.717, 1.165) is 0 Å². The van der Waals surface area contributed by atoms with Gasteiger partial charge in [-0.15, -0.1) is 0 Å². The normalized spacial score (nSPS) is 21.7. The standard InChI is InChI=1S/C15H18N2O5S/c18-14-10-22-11-15(19)17(14)12-6-8-16(9-7-12)23(20,21)13-4-2-1-3-5-13/h1-5,12H,6-11H2. The second-order valence-corrected chi connectivity index (χ2v) is 7.54. The molecule has 7 nitrogen and oxygen atoms in total. The summed E-state index contributed by atoms with van der Waals surface area (Å²) in [6.45, 7) is 0.405. The van der Waals surface area contributed by atoms with Gasteiger partial charge in [0.15, 0.2) is 0 Å². The average Bonchev–Trinajstić information content (AvgIpc) is 2.56. The van der Waals surface area contributed by atoms with E-state index >= 15 is 0 Å². The molecule has 8 heteroatoms. The van der Waals surface area contributed by atoms with Crippen molar-refractivity contribution in [1.82, 2.24) is 9.21 Å². The topological polar surface area (TPSA) is 84.0 Å². The van der Waals surface area contributed by atoms with Crippen LogP contribution in [-0.2, 0) is 24.3 Å². The van der Waals surface area contributed by atoms with E-state index in [4.69, 9.17) is 4.74 Å². The summed E-state index contributed by atoms with van der Waals surface area (Å²) in [4.78, 5) is 25.2. The summed E-state index contributed by atoms with van der Waals surface area (Å²) in [5.74, 6) is -0.684. The van der Waals surface area contributed by atoms with Crippen molar-refractivity contribution in [2.45, 2.75) is 23.8 Å². The van der Waals surface area contributed by atoms with Crippen molar-refractivity contribution in [3.63, 3.8) is 0 Å². The maximum Gasteiger partial charge on any atom is 0.255 e. The molecule has 0 saturated carbocycles. The predicted octanol–water partition coefficient (Wildman–Crippen LogP) is 0.225. The Morgan fingerprint density at radius 3 is 2.09 bits per heavy atom. The summed E-state index contributed by atoms with van der Waals surface area (Å²) in [6.07, 6.45) is 0.896. The fourth-order valence-electron chi connectivity index (χ4n) is 2.99. The number of hydrogen-bond acceptors (Lipinski definition) is 5. The van der Waals surface area contributed by atoms with Gasteiger partial charge in [0.2, 0.25) is 10.0 Å². The van der Waals surface area contributed by atoms with Crippen LogP contribution in [0.1, 0.15) is 12.8 Å². The van der Waals surface area contributed by atoms with Gasteiger partial charge in [0.05, 0.1) is 4.90 Å². The van der Waals surface area contributed by atoms with Crippen LogP contribution < -0.4 is 0 Å². The van der Waals surface area contributed by atoms with Crippen molar-refractivity contribution >= 4 is 21.8 Å². The molecule has 2 aliphatic rings. The third kappa shape index (κ3) is 3.15. The van der Waals surface area contributed by atoms with E-state index in [2.05, 4.69) is 0 Å². The van der Waals surface area contributed by atoms with E-state index in [1.54, 1.807) is 30.3 Å². The molecular formula is C15H18N2O5S. The highest BCUT2D eigenvalue weighted by Crippen LogP contribution is 2.24. The smallest absolute Gasteiger partial charge is 0.255 e. The number of morpholine rings is 1. The molecule has 1 aromatic rings. The van der Waals surface area contributed by atoms with E-state index in [1.165, 1.54) is 9.21 Å². The van der Waals surface area contributed by atoms with Crippen LogP contribution in [0.5, 0.6) is 0 Å². The summed E-state index contributed by atoms with van der Waals surface area (Å²) in [6, 6.07) is 8.02. The Bertz CT molecular complexity index is 680. The molecule has 0 atom stereocenters. The first-order valence-corrected chi connectivity index (χ1v) is 8.92. The third-order valence-electron chi connectivity index (χ3n) is 4.16. The van der Waals surface area contributed by atoms with Crippen molar-refractivity contribution in [1.29, 1.82) is 0 Å². The van der Waals surface area contributed by atoms with Crippen molar-refractivity contribution < 1.29 is 22.7 Å². The van der Waals surface area contributed by atoms with Gasteiger partial charge in [0.1, 0.15) is 13.2 Å². The molecule has 2 heterocycles. The molecule has 2 amide bonds. The Hall–Kier alpha value is -1.77. The summed E-state index contributed by atoms with van der Waals surface area (Å²) in [5.41, 5.74) is 0. The molecule has 2 aliphatic heterocycles. The van der Waals surface area contributed by atoms with Crippen molar-refractivity contribution in [2.24, 2.45) is 0 Å². The quantitative estimate of drug-likeness (QED) is 0.737. The Kier molecular flexibility index (Phi) is 4.47. The first-order valence-electron chi connectivity index (χ1n) is 7.48. The zero-order valence-electron chi connectivity index (χ0n) is 12.6. The van der Waals surface area contributed by atoms with Crippen LogP contribution in [0.4, 0.5) is 0 Å². The minimum absolute atomic E-state index is 0.0890. The lowest BCUT2D eigenvalue weighted by Gasteiger charge is -2.38. The molecule has 3 rings (SSSR count). The summed E-state index contributed by atoms with van der Waals surface area (Å²) in [7, 11) is -3.52. The van der Waals surface area contributed by atoms with E-state index in [0.29, 0.717) is 25.9 Å². The molecule has 2 saturated heterocycles. The lowest BCUT2D eigenvalue weighted by molar-refractivity contribution is -0.162. The molecule has 0 aromatic heterocycles. The van der Waals surface area contributed by atoms with Crippen LogP contribution in [0, 0.1) is 0 Å². The van der Waals surface area contributed by atoms with Crippen LogP contribution in [0.15, 0.2) is 35.2 Å². The highest BCUT2D eigenvalue weighted by Gasteiger charge is 2.37. The second kappa shape index (κ2) is 6.38. The predicted molar refractivity (Wildman–Crippen MR) is 80.9 cm³/mol. The molecule has 124 valence electrons. The lowest BCUT2D eigenvalue weighted by atomic mass is 10.0. The number of carbonyl (C=O) groups excluding carboxylic acids is 2. The second-order valence-electron chi connectivity index (χ2n) is 5.60. The maximum atomic E-state index is 12.6. The van der Waals surface area contributed by atoms with Crippen LogP contribution in [0.2, 0.25) is 0 Å². The molecular weight excluding hydrogens is 320 g/mol. The number of sulfonamides is 1. The van der Waals surface area contributed by atoms with Crippen molar-refractivity contribution in [2.75, 3.05) is 26.3 Å². The molecule has 2 fully saturated rings. The number of benzene rings is 1. The highest BCUT2D eigenvalue weighted by atomic mass is 32.2. The molecule has 0 spiro atoms. The molecule has 0 unspecified atom stereocenters. The van der Waals surface area contributed by atoms with Gasteiger partial charge in [-0.05, 0) is 25.0 Å². The number of piperidine rings is 1. The third-order valence-corrected chi connectivity index (χ3v) is 6.07. The Labute approximate surface area is 134 Å². The van der Waals surface area contributed by atoms with Crippen molar-refractivity contribution in [3.8, 4) is 0 Å². The van der Waals surface area contributed by atoms with Gasteiger partial charge in [-0.3, -0.25) is 14.5 Å². The Morgan fingerprint density at radius 2 is 1.52 bits per heavy atom. The SMILES string of the molecule is O=C1COCC(=O)N1C1CCN(S(=O)(=O)c2ccccc2)CC1. The number of rotatable bonds is 3. The average molecular weight is 338 g/mol. The number of amides is 2. The fourth-order valence-corrected chi connectivity index (χ4v) is 4.48. The van der Waals surface area contributed by atoms with Crippen LogP contribution in [0.3, 0.4) is 0 Å². The largest absolute Gasteiger partial charge is 0.362 e. The summed E-state index contributed by atoms with van der Waals surface area (Å²) in [5, 5.41) is 0. The number of imide groups is 1. The maximum absolute atomic E-state index is 12.6. The Morgan fingerprint density at radius 1 is 0.957 bits per heavy atom. The summed E-state index contributed by atoms with van der Waals surface area (Å²) >= 11 is 0. The molecule has 23 heavy (non-hydrogen) atoms. The number of ether oxygens (including phenoxy) is 1. The van der Waals surface area contributed by atoms with E-state index in [1.807, 2.05) is 0 Å². The van der Waals surface area contributed by atoms with Gasteiger partial charge >= 0.3 is 0 Å². The monoisotopic (exact) mass is 338 g/mol. The lowest BCUT2D eigenvalue weighted by Crippen LogP contribution is -2.55. The van der Waals surface area contributed by atoms with E-state index < -0.39 is 10.0 Å². The Balaban J connectivity index is 1.69. The highest BCUT2D eigenvalue weighted by molar-refractivity contribution is 7.89. The van der Waals surface area contributed by atoms with Gasteiger partial charge < -0.3 is 4.74 Å². The van der Waals surface area contributed by atoms with Crippen molar-refractivity contribution in [3.05, 3.63) is 30.3 Å². The molecule has 0 N–H and O–H groups in total. The first-order chi connectivity index (χ1) is 11.0. The molecule has 0 bridgehead atoms. The van der Waals surface area contributed by atoms with E-state index in [9.17, 15) is 18.0 Å². The minimum atomic E-state index is -3.52. The van der Waals surface area contributed by atoms with E-state index in [-0.39, 0.29) is 36.0 Å². The van der Waals surface area contributed by atoms with Gasteiger partial charge in [-0.1, -0.05) is 18.2 Å².